The summed E-state index contributed by atoms with van der Waals surface area (Å²) in [7, 11) is -3.52. The van der Waals surface area contributed by atoms with E-state index >= 15 is 0 Å². The lowest BCUT2D eigenvalue weighted by Crippen LogP contribution is -2.49. The molecule has 2 heterocycles. The van der Waals surface area contributed by atoms with Crippen molar-refractivity contribution in [2.45, 2.75) is 49.5 Å². The van der Waals surface area contributed by atoms with Crippen LogP contribution in [0.4, 0.5) is 5.69 Å². The molecule has 1 aromatic rings. The first kappa shape index (κ1) is 13.8. The van der Waals surface area contributed by atoms with Gasteiger partial charge in [0.2, 0.25) is 10.0 Å². The zero-order valence-corrected chi connectivity index (χ0v) is 12.3. The van der Waals surface area contributed by atoms with Crippen molar-refractivity contribution in [2.24, 2.45) is 5.92 Å². The molecule has 0 bridgehead atoms. The van der Waals surface area contributed by atoms with Crippen molar-refractivity contribution in [1.29, 1.82) is 0 Å². The molecule has 0 amide bonds. The van der Waals surface area contributed by atoms with Crippen LogP contribution in [-0.2, 0) is 10.0 Å². The summed E-state index contributed by atoms with van der Waals surface area (Å²) in [6.07, 6.45) is 9.47. The molecule has 2 fully saturated rings. The van der Waals surface area contributed by atoms with Gasteiger partial charge in [-0.05, 0) is 37.7 Å². The summed E-state index contributed by atoms with van der Waals surface area (Å²) in [6, 6.07) is 1.71. The fourth-order valence-corrected chi connectivity index (χ4v) is 5.43. The van der Waals surface area contributed by atoms with E-state index < -0.39 is 10.0 Å². The molecule has 2 unspecified atom stereocenters. The van der Waals surface area contributed by atoms with Gasteiger partial charge in [0.05, 0.1) is 5.69 Å². The van der Waals surface area contributed by atoms with Crippen LogP contribution in [0.25, 0.3) is 0 Å². The van der Waals surface area contributed by atoms with Gasteiger partial charge in [-0.1, -0.05) is 12.8 Å². The van der Waals surface area contributed by atoms with Gasteiger partial charge in [-0.3, -0.25) is 4.98 Å². The first-order chi connectivity index (χ1) is 9.60. The zero-order chi connectivity index (χ0) is 14.2. The van der Waals surface area contributed by atoms with E-state index in [1.807, 2.05) is 0 Å². The number of nitrogen functional groups attached to an aromatic ring is 1. The van der Waals surface area contributed by atoms with E-state index in [1.54, 1.807) is 10.4 Å². The minimum atomic E-state index is -3.52. The van der Waals surface area contributed by atoms with Crippen molar-refractivity contribution < 1.29 is 8.42 Å². The maximum Gasteiger partial charge on any atom is 0.246 e. The number of nitrogens with two attached hydrogens (primary N) is 1. The van der Waals surface area contributed by atoms with Gasteiger partial charge in [0.25, 0.3) is 0 Å². The van der Waals surface area contributed by atoms with Crippen molar-refractivity contribution in [1.82, 2.24) is 9.29 Å². The van der Waals surface area contributed by atoms with Gasteiger partial charge in [0.1, 0.15) is 4.90 Å². The van der Waals surface area contributed by atoms with Crippen LogP contribution in [0.2, 0.25) is 0 Å². The van der Waals surface area contributed by atoms with Crippen LogP contribution in [0.3, 0.4) is 0 Å². The number of aromatic nitrogens is 1. The number of hydrogen-bond donors (Lipinski definition) is 1. The largest absolute Gasteiger partial charge is 0.398 e. The SMILES string of the molecule is Nc1ccncc1S(=O)(=O)N1CCCC2CCCCC21. The molecule has 1 aliphatic carbocycles. The Balaban J connectivity index is 1.96. The number of hydrogen-bond acceptors (Lipinski definition) is 4. The highest BCUT2D eigenvalue weighted by Crippen LogP contribution is 2.38. The minimum absolute atomic E-state index is 0.155. The third kappa shape index (κ3) is 2.31. The molecule has 1 aliphatic heterocycles. The maximum absolute atomic E-state index is 12.9. The predicted octanol–water partition coefficient (Wildman–Crippen LogP) is 2.01. The first-order valence-corrected chi connectivity index (χ1v) is 8.76. The summed E-state index contributed by atoms with van der Waals surface area (Å²) in [5, 5.41) is 0. The minimum Gasteiger partial charge on any atom is -0.398 e. The van der Waals surface area contributed by atoms with E-state index in [4.69, 9.17) is 5.73 Å². The van der Waals surface area contributed by atoms with E-state index in [2.05, 4.69) is 4.98 Å². The van der Waals surface area contributed by atoms with Gasteiger partial charge in [0.15, 0.2) is 0 Å². The van der Waals surface area contributed by atoms with Crippen LogP contribution in [-0.4, -0.2) is 30.3 Å². The molecule has 0 radical (unpaired) electrons. The van der Waals surface area contributed by atoms with Crippen LogP contribution in [0.1, 0.15) is 38.5 Å². The molecule has 110 valence electrons. The monoisotopic (exact) mass is 295 g/mol. The normalized spacial score (nSPS) is 28.0. The van der Waals surface area contributed by atoms with Gasteiger partial charge in [0, 0.05) is 25.0 Å². The second kappa shape index (κ2) is 5.33. The lowest BCUT2D eigenvalue weighted by Gasteiger charge is -2.43. The van der Waals surface area contributed by atoms with Gasteiger partial charge in [-0.15, -0.1) is 0 Å². The summed E-state index contributed by atoms with van der Waals surface area (Å²) in [5.74, 6) is 0.519. The Bertz CT molecular complexity index is 586. The highest BCUT2D eigenvalue weighted by molar-refractivity contribution is 7.89. The number of fused-ring (bicyclic) bond motifs is 1. The highest BCUT2D eigenvalue weighted by Gasteiger charge is 2.40. The average molecular weight is 295 g/mol. The van der Waals surface area contributed by atoms with Gasteiger partial charge >= 0.3 is 0 Å². The Kier molecular flexibility index (Phi) is 3.69. The van der Waals surface area contributed by atoms with E-state index in [9.17, 15) is 8.42 Å². The molecule has 1 aromatic heterocycles. The lowest BCUT2D eigenvalue weighted by molar-refractivity contribution is 0.129. The molecule has 2 N–H and O–H groups in total. The van der Waals surface area contributed by atoms with Gasteiger partial charge < -0.3 is 5.73 Å². The topological polar surface area (TPSA) is 76.3 Å². The predicted molar refractivity (Wildman–Crippen MR) is 77.5 cm³/mol. The maximum atomic E-state index is 12.9. The number of nitrogens with zero attached hydrogens (tertiary/aromatic N) is 2. The fourth-order valence-electron chi connectivity index (χ4n) is 3.61. The van der Waals surface area contributed by atoms with Gasteiger partial charge in [-0.25, -0.2) is 8.42 Å². The van der Waals surface area contributed by atoms with Crippen molar-refractivity contribution in [3.63, 3.8) is 0 Å². The number of piperidine rings is 1. The van der Waals surface area contributed by atoms with Gasteiger partial charge in [-0.2, -0.15) is 4.31 Å². The van der Waals surface area contributed by atoms with Crippen LogP contribution in [0.5, 0.6) is 0 Å². The van der Waals surface area contributed by atoms with Crippen LogP contribution in [0, 0.1) is 5.92 Å². The third-order valence-electron chi connectivity index (χ3n) is 4.60. The zero-order valence-electron chi connectivity index (χ0n) is 11.5. The van der Waals surface area contributed by atoms with E-state index in [0.717, 1.165) is 32.1 Å². The third-order valence-corrected chi connectivity index (χ3v) is 6.56. The molecule has 0 aromatic carbocycles. The highest BCUT2D eigenvalue weighted by atomic mass is 32.2. The van der Waals surface area contributed by atoms with Crippen molar-refractivity contribution >= 4 is 15.7 Å². The fraction of sp³-hybridized carbons (Fsp3) is 0.643. The summed E-state index contributed by atoms with van der Waals surface area (Å²) < 4.78 is 27.4. The lowest BCUT2D eigenvalue weighted by atomic mass is 9.79. The Morgan fingerprint density at radius 2 is 1.95 bits per heavy atom. The van der Waals surface area contributed by atoms with Crippen molar-refractivity contribution in [3.05, 3.63) is 18.5 Å². The number of sulfonamides is 1. The summed E-state index contributed by atoms with van der Waals surface area (Å²) in [5.41, 5.74) is 6.13. The second-order valence-corrected chi connectivity index (χ2v) is 7.64. The van der Waals surface area contributed by atoms with Crippen LogP contribution < -0.4 is 5.73 Å². The quantitative estimate of drug-likeness (QED) is 0.905. The number of rotatable bonds is 2. The molecule has 2 atom stereocenters. The molecule has 1 saturated carbocycles. The van der Waals surface area contributed by atoms with Crippen molar-refractivity contribution in [2.75, 3.05) is 12.3 Å². The number of anilines is 1. The molecule has 1 saturated heterocycles. The molecule has 20 heavy (non-hydrogen) atoms. The average Bonchev–Trinajstić information content (AvgIpc) is 2.47. The summed E-state index contributed by atoms with van der Waals surface area (Å²) >= 11 is 0. The van der Waals surface area contributed by atoms with E-state index in [1.165, 1.54) is 18.8 Å². The van der Waals surface area contributed by atoms with E-state index in [-0.39, 0.29) is 16.6 Å². The number of pyridine rings is 1. The Hall–Kier alpha value is -1.14. The Labute approximate surface area is 120 Å². The Morgan fingerprint density at radius 1 is 1.20 bits per heavy atom. The molecule has 5 nitrogen and oxygen atoms in total. The summed E-state index contributed by atoms with van der Waals surface area (Å²) in [4.78, 5) is 4.08. The molecule has 0 spiro atoms. The van der Waals surface area contributed by atoms with E-state index in [0.29, 0.717) is 12.5 Å². The van der Waals surface area contributed by atoms with Crippen LogP contribution in [0.15, 0.2) is 23.4 Å². The molecule has 6 heteroatoms. The molecular weight excluding hydrogens is 274 g/mol. The molecule has 2 aliphatic rings. The molecular formula is C14H21N3O2S. The summed E-state index contributed by atoms with van der Waals surface area (Å²) in [6.45, 7) is 0.609. The smallest absolute Gasteiger partial charge is 0.246 e. The standard InChI is InChI=1S/C14H21N3O2S/c15-12-7-8-16-10-14(12)20(18,19)17-9-3-5-11-4-1-2-6-13(11)17/h7-8,10-11,13H,1-6,9H2,(H2,15,16). The molecule has 3 rings (SSSR count). The van der Waals surface area contributed by atoms with Crippen molar-refractivity contribution in [3.8, 4) is 0 Å². The Morgan fingerprint density at radius 3 is 2.75 bits per heavy atom. The first-order valence-electron chi connectivity index (χ1n) is 7.32. The second-order valence-electron chi connectivity index (χ2n) is 5.78. The van der Waals surface area contributed by atoms with Crippen LogP contribution >= 0.6 is 0 Å².